The molecule has 2 bridgehead atoms. The van der Waals surface area contributed by atoms with Gasteiger partial charge in [0.1, 0.15) is 5.41 Å². The number of piperidine rings is 1. The molecule has 1 aliphatic heterocycles. The summed E-state index contributed by atoms with van der Waals surface area (Å²) in [7, 11) is 0. The summed E-state index contributed by atoms with van der Waals surface area (Å²) in [6.07, 6.45) is 4.41. The number of hydrogen-bond acceptors (Lipinski definition) is 4. The van der Waals surface area contributed by atoms with Crippen molar-refractivity contribution in [2.75, 3.05) is 19.7 Å². The summed E-state index contributed by atoms with van der Waals surface area (Å²) in [5.74, 6) is -0.555. The monoisotopic (exact) mass is 293 g/mol. The van der Waals surface area contributed by atoms with Gasteiger partial charge in [-0.15, -0.1) is 0 Å². The van der Waals surface area contributed by atoms with Crippen LogP contribution in [0, 0.1) is 11.3 Å². The summed E-state index contributed by atoms with van der Waals surface area (Å²) in [6, 6.07) is 0. The lowest BCUT2D eigenvalue weighted by molar-refractivity contribution is -0.163. The van der Waals surface area contributed by atoms with Gasteiger partial charge in [-0.3, -0.25) is 9.59 Å². The lowest BCUT2D eigenvalue weighted by Gasteiger charge is -2.42. The van der Waals surface area contributed by atoms with Gasteiger partial charge < -0.3 is 10.1 Å². The van der Waals surface area contributed by atoms with Crippen molar-refractivity contribution in [3.05, 3.63) is 23.3 Å². The SMILES string of the molecule is C/C=C\C1=C(C)C2CNCC(C(=O)OCC)(C1)C2=O.CC. The van der Waals surface area contributed by atoms with Gasteiger partial charge in [0, 0.05) is 13.1 Å². The van der Waals surface area contributed by atoms with Gasteiger partial charge in [0.05, 0.1) is 12.5 Å². The van der Waals surface area contributed by atoms with Crippen LogP contribution < -0.4 is 5.32 Å². The highest BCUT2D eigenvalue weighted by Gasteiger charge is 2.55. The Morgan fingerprint density at radius 3 is 2.71 bits per heavy atom. The van der Waals surface area contributed by atoms with Crippen LogP contribution in [0.4, 0.5) is 0 Å². The van der Waals surface area contributed by atoms with E-state index in [1.54, 1.807) is 6.92 Å². The third-order valence-electron chi connectivity index (χ3n) is 4.12. The highest BCUT2D eigenvalue weighted by molar-refractivity contribution is 6.08. The standard InChI is InChI=1S/C15H21NO3.C2H6/c1-4-6-11-7-15(14(18)19-5-2)9-16-8-12(10(11)3)13(15)17;1-2/h4,6,12,16H,5,7-9H2,1-3H3;1-2H3/b6-4-;. The smallest absolute Gasteiger partial charge is 0.321 e. The summed E-state index contributed by atoms with van der Waals surface area (Å²) < 4.78 is 5.14. The number of carbonyl (C=O) groups is 2. The van der Waals surface area contributed by atoms with E-state index >= 15 is 0 Å². The number of fused-ring (bicyclic) bond motifs is 2. The second-order valence-electron chi connectivity index (χ2n) is 5.24. The van der Waals surface area contributed by atoms with Crippen molar-refractivity contribution in [2.45, 2.75) is 41.0 Å². The van der Waals surface area contributed by atoms with Crippen molar-refractivity contribution in [1.82, 2.24) is 5.32 Å². The van der Waals surface area contributed by atoms with Crippen LogP contribution in [0.25, 0.3) is 0 Å². The molecular weight excluding hydrogens is 266 g/mol. The molecule has 0 aromatic rings. The first-order valence-corrected chi connectivity index (χ1v) is 7.81. The van der Waals surface area contributed by atoms with E-state index in [1.165, 1.54) is 0 Å². The summed E-state index contributed by atoms with van der Waals surface area (Å²) in [5, 5.41) is 3.21. The molecule has 0 radical (unpaired) electrons. The molecule has 2 atom stereocenters. The Labute approximate surface area is 127 Å². The largest absolute Gasteiger partial charge is 0.465 e. The van der Waals surface area contributed by atoms with E-state index < -0.39 is 5.41 Å². The maximum absolute atomic E-state index is 12.6. The van der Waals surface area contributed by atoms with Gasteiger partial charge in [-0.05, 0) is 32.8 Å². The normalized spacial score (nSPS) is 28.2. The fourth-order valence-electron chi connectivity index (χ4n) is 3.04. The molecule has 21 heavy (non-hydrogen) atoms. The molecule has 0 saturated carbocycles. The predicted molar refractivity (Wildman–Crippen MR) is 83.9 cm³/mol. The maximum Gasteiger partial charge on any atom is 0.321 e. The van der Waals surface area contributed by atoms with E-state index in [4.69, 9.17) is 4.74 Å². The van der Waals surface area contributed by atoms with Crippen LogP contribution in [-0.4, -0.2) is 31.4 Å². The van der Waals surface area contributed by atoms with Gasteiger partial charge in [-0.1, -0.05) is 31.6 Å². The molecule has 1 N–H and O–H groups in total. The third-order valence-corrected chi connectivity index (χ3v) is 4.12. The summed E-state index contributed by atoms with van der Waals surface area (Å²) in [4.78, 5) is 24.9. The number of Topliss-reactive ketones (excluding diaryl/α,β-unsaturated/α-hetero) is 1. The average molecular weight is 293 g/mol. The Bertz CT molecular complexity index is 465. The zero-order chi connectivity index (χ0) is 16.0. The number of esters is 1. The Morgan fingerprint density at radius 1 is 1.48 bits per heavy atom. The summed E-state index contributed by atoms with van der Waals surface area (Å²) in [6.45, 7) is 11.0. The minimum atomic E-state index is -1.02. The van der Waals surface area contributed by atoms with E-state index in [1.807, 2.05) is 39.8 Å². The molecule has 4 heteroatoms. The Kier molecular flexibility index (Phi) is 6.34. The van der Waals surface area contributed by atoms with E-state index in [9.17, 15) is 9.59 Å². The minimum Gasteiger partial charge on any atom is -0.465 e. The number of ketones is 1. The molecule has 118 valence electrons. The molecule has 1 aliphatic carbocycles. The van der Waals surface area contributed by atoms with Gasteiger partial charge in [0.2, 0.25) is 0 Å². The number of rotatable bonds is 3. The first-order chi connectivity index (χ1) is 10.1. The number of hydrogen-bond donors (Lipinski definition) is 1. The number of allylic oxidation sites excluding steroid dienone is 3. The number of nitrogens with one attached hydrogen (secondary N) is 1. The average Bonchev–Trinajstić information content (AvgIpc) is 2.48. The van der Waals surface area contributed by atoms with Crippen LogP contribution in [0.3, 0.4) is 0 Å². The molecule has 1 saturated heterocycles. The van der Waals surface area contributed by atoms with Crippen molar-refractivity contribution < 1.29 is 14.3 Å². The van der Waals surface area contributed by atoms with Crippen LogP contribution in [0.2, 0.25) is 0 Å². The molecule has 0 aromatic carbocycles. The van der Waals surface area contributed by atoms with Crippen LogP contribution in [-0.2, 0) is 14.3 Å². The zero-order valence-electron chi connectivity index (χ0n) is 13.8. The van der Waals surface area contributed by atoms with Gasteiger partial charge >= 0.3 is 5.97 Å². The van der Waals surface area contributed by atoms with E-state index in [-0.39, 0.29) is 17.7 Å². The van der Waals surface area contributed by atoms with Gasteiger partial charge in [-0.2, -0.15) is 0 Å². The molecule has 2 aliphatic rings. The van der Waals surface area contributed by atoms with Gasteiger partial charge in [-0.25, -0.2) is 0 Å². The van der Waals surface area contributed by atoms with E-state index in [0.29, 0.717) is 26.1 Å². The quantitative estimate of drug-likeness (QED) is 0.642. The van der Waals surface area contributed by atoms with Crippen LogP contribution in [0.1, 0.15) is 41.0 Å². The second-order valence-corrected chi connectivity index (χ2v) is 5.24. The molecule has 2 unspecified atom stereocenters. The fraction of sp³-hybridized carbons (Fsp3) is 0.647. The first kappa shape index (κ1) is 17.6. The molecular formula is C17H27NO3. The van der Waals surface area contributed by atoms with Crippen LogP contribution >= 0.6 is 0 Å². The molecule has 4 nitrogen and oxygen atoms in total. The van der Waals surface area contributed by atoms with Gasteiger partial charge in [0.15, 0.2) is 5.78 Å². The Hall–Kier alpha value is -1.42. The minimum absolute atomic E-state index is 0.0236. The van der Waals surface area contributed by atoms with Crippen LogP contribution in [0.15, 0.2) is 23.3 Å². The third kappa shape index (κ3) is 3.10. The summed E-state index contributed by atoms with van der Waals surface area (Å²) >= 11 is 0. The number of ether oxygens (including phenoxy) is 1. The van der Waals surface area contributed by atoms with Crippen molar-refractivity contribution in [3.63, 3.8) is 0 Å². The van der Waals surface area contributed by atoms with Crippen molar-refractivity contribution in [1.29, 1.82) is 0 Å². The fourth-order valence-corrected chi connectivity index (χ4v) is 3.04. The molecule has 0 spiro atoms. The molecule has 1 heterocycles. The predicted octanol–water partition coefficient (Wildman–Crippen LogP) is 2.65. The van der Waals surface area contributed by atoms with Gasteiger partial charge in [0.25, 0.3) is 0 Å². The lowest BCUT2D eigenvalue weighted by Crippen LogP contribution is -2.59. The van der Waals surface area contributed by atoms with Crippen molar-refractivity contribution in [2.24, 2.45) is 11.3 Å². The van der Waals surface area contributed by atoms with Crippen molar-refractivity contribution in [3.8, 4) is 0 Å². The van der Waals surface area contributed by atoms with E-state index in [2.05, 4.69) is 5.32 Å². The summed E-state index contributed by atoms with van der Waals surface area (Å²) in [5.41, 5.74) is 1.16. The van der Waals surface area contributed by atoms with Crippen molar-refractivity contribution >= 4 is 11.8 Å². The van der Waals surface area contributed by atoms with E-state index in [0.717, 1.165) is 11.1 Å². The van der Waals surface area contributed by atoms with Crippen LogP contribution in [0.5, 0.6) is 0 Å². The molecule has 1 fully saturated rings. The zero-order valence-corrected chi connectivity index (χ0v) is 13.8. The molecule has 0 amide bonds. The topological polar surface area (TPSA) is 55.4 Å². The molecule has 0 aromatic heterocycles. The Morgan fingerprint density at radius 2 is 2.14 bits per heavy atom. The highest BCUT2D eigenvalue weighted by Crippen LogP contribution is 2.43. The first-order valence-electron chi connectivity index (χ1n) is 7.81. The second kappa shape index (κ2) is 7.55. The highest BCUT2D eigenvalue weighted by atomic mass is 16.5. The maximum atomic E-state index is 12.6. The number of carbonyl (C=O) groups excluding carboxylic acids is 2. The molecule has 2 rings (SSSR count). The lowest BCUT2D eigenvalue weighted by atomic mass is 9.64. The Balaban J connectivity index is 0.00000106.